The molecule has 2 atom stereocenters. The van der Waals surface area contributed by atoms with Crippen molar-refractivity contribution in [3.05, 3.63) is 75.9 Å². The maximum absolute atomic E-state index is 14.9. The van der Waals surface area contributed by atoms with Gasteiger partial charge in [-0.05, 0) is 86.3 Å². The molecule has 6 heteroatoms. The number of epoxide rings is 1. The number of halogens is 4. The molecule has 1 saturated heterocycles. The van der Waals surface area contributed by atoms with Crippen molar-refractivity contribution in [1.82, 2.24) is 0 Å². The monoisotopic (exact) mass is 488 g/mol. The summed E-state index contributed by atoms with van der Waals surface area (Å²) < 4.78 is 69.2. The van der Waals surface area contributed by atoms with E-state index in [2.05, 4.69) is 0 Å². The van der Waals surface area contributed by atoms with E-state index in [1.165, 1.54) is 0 Å². The highest BCUT2D eigenvalue weighted by atomic mass is 19.2. The summed E-state index contributed by atoms with van der Waals surface area (Å²) in [4.78, 5) is 0. The van der Waals surface area contributed by atoms with E-state index in [1.807, 2.05) is 6.08 Å². The normalized spacial score (nSPS) is 26.5. The Hall–Kier alpha value is -2.18. The average molecular weight is 489 g/mol. The molecule has 2 aromatic rings. The highest BCUT2D eigenvalue weighted by Crippen LogP contribution is 2.41. The summed E-state index contributed by atoms with van der Waals surface area (Å²) in [6.45, 7) is 0.445. The SMILES string of the molecule is COC1CC=C(c2ccc(CCC3CCC(c4ccc(C5CO5)c(F)c4F)CC3)c(F)c2F)CC1. The molecule has 0 amide bonds. The van der Waals surface area contributed by atoms with Gasteiger partial charge in [0.1, 0.15) is 6.10 Å². The highest BCUT2D eigenvalue weighted by Gasteiger charge is 2.32. The summed E-state index contributed by atoms with van der Waals surface area (Å²) in [5, 5.41) is 0. The van der Waals surface area contributed by atoms with Crippen LogP contribution in [-0.2, 0) is 15.9 Å². The Morgan fingerprint density at radius 2 is 1.57 bits per heavy atom. The van der Waals surface area contributed by atoms with Crippen LogP contribution >= 0.6 is 0 Å². The summed E-state index contributed by atoms with van der Waals surface area (Å²) in [6.07, 6.45) is 8.51. The molecular weight excluding hydrogens is 456 g/mol. The van der Waals surface area contributed by atoms with Crippen LogP contribution in [0.5, 0.6) is 0 Å². The Bertz CT molecular complexity index is 1100. The molecular formula is C29H32F4O2. The summed E-state index contributed by atoms with van der Waals surface area (Å²) in [7, 11) is 1.67. The molecule has 2 aliphatic carbocycles. The van der Waals surface area contributed by atoms with Crippen LogP contribution < -0.4 is 0 Å². The number of benzene rings is 2. The van der Waals surface area contributed by atoms with E-state index < -0.39 is 23.3 Å². The molecule has 1 aliphatic heterocycles. The standard InChI is InChI=1S/C29H32F4O2/c1-34-21-11-8-19(9-12-21)22-13-10-20(26(30)27(22)31)7-4-17-2-5-18(6-3-17)23-14-15-24(25-16-35-25)29(33)28(23)32/h8,10,13-15,17-18,21,25H,2-7,9,11-12,16H2,1H3. The van der Waals surface area contributed by atoms with Crippen molar-refractivity contribution < 1.29 is 27.0 Å². The van der Waals surface area contributed by atoms with E-state index in [0.717, 1.165) is 44.1 Å². The van der Waals surface area contributed by atoms with Gasteiger partial charge in [0.05, 0.1) is 12.7 Å². The zero-order valence-electron chi connectivity index (χ0n) is 20.1. The Kier molecular flexibility index (Phi) is 7.31. The van der Waals surface area contributed by atoms with Crippen molar-refractivity contribution >= 4 is 5.57 Å². The molecule has 0 spiro atoms. The second kappa shape index (κ2) is 10.4. The Balaban J connectivity index is 1.17. The molecule has 1 saturated carbocycles. The number of ether oxygens (including phenoxy) is 2. The lowest BCUT2D eigenvalue weighted by Gasteiger charge is -2.29. The van der Waals surface area contributed by atoms with E-state index in [9.17, 15) is 17.6 Å². The number of hydrogen-bond acceptors (Lipinski definition) is 2. The first-order chi connectivity index (χ1) is 17.0. The van der Waals surface area contributed by atoms with Gasteiger partial charge < -0.3 is 9.47 Å². The minimum absolute atomic E-state index is 0.00939. The molecule has 3 aliphatic rings. The van der Waals surface area contributed by atoms with Gasteiger partial charge in [-0.15, -0.1) is 0 Å². The molecule has 2 nitrogen and oxygen atoms in total. The third-order valence-electron chi connectivity index (χ3n) is 8.14. The Labute approximate surface area is 204 Å². The lowest BCUT2D eigenvalue weighted by molar-refractivity contribution is 0.0964. The van der Waals surface area contributed by atoms with Crippen LogP contribution in [0.2, 0.25) is 0 Å². The molecule has 2 fully saturated rings. The van der Waals surface area contributed by atoms with Gasteiger partial charge in [-0.3, -0.25) is 0 Å². The van der Waals surface area contributed by atoms with Crippen LogP contribution in [0.25, 0.3) is 5.57 Å². The lowest BCUT2D eigenvalue weighted by Crippen LogP contribution is -2.16. The van der Waals surface area contributed by atoms with Crippen LogP contribution in [0.3, 0.4) is 0 Å². The van der Waals surface area contributed by atoms with Crippen LogP contribution in [0, 0.1) is 29.2 Å². The maximum atomic E-state index is 14.9. The zero-order valence-corrected chi connectivity index (χ0v) is 20.1. The molecule has 1 heterocycles. The Morgan fingerprint density at radius 1 is 0.857 bits per heavy atom. The first-order valence-corrected chi connectivity index (χ1v) is 12.7. The van der Waals surface area contributed by atoms with Crippen LogP contribution in [0.15, 0.2) is 30.3 Å². The highest BCUT2D eigenvalue weighted by molar-refractivity contribution is 5.67. The van der Waals surface area contributed by atoms with Gasteiger partial charge in [-0.2, -0.15) is 0 Å². The van der Waals surface area contributed by atoms with E-state index in [4.69, 9.17) is 9.47 Å². The first-order valence-electron chi connectivity index (χ1n) is 12.7. The van der Waals surface area contributed by atoms with Gasteiger partial charge in [0.2, 0.25) is 0 Å². The number of allylic oxidation sites excluding steroid dienone is 1. The van der Waals surface area contributed by atoms with E-state index >= 15 is 0 Å². The van der Waals surface area contributed by atoms with Crippen LogP contribution in [0.4, 0.5) is 17.6 Å². The van der Waals surface area contributed by atoms with E-state index in [1.54, 1.807) is 31.4 Å². The molecule has 2 unspecified atom stereocenters. The van der Waals surface area contributed by atoms with Gasteiger partial charge in [0.25, 0.3) is 0 Å². The summed E-state index contributed by atoms with van der Waals surface area (Å²) >= 11 is 0. The fourth-order valence-electron chi connectivity index (χ4n) is 5.79. The van der Waals surface area contributed by atoms with E-state index in [0.29, 0.717) is 54.0 Å². The number of rotatable bonds is 7. The second-order valence-electron chi connectivity index (χ2n) is 10.2. The molecule has 0 radical (unpaired) electrons. The third kappa shape index (κ3) is 5.19. The maximum Gasteiger partial charge on any atom is 0.166 e. The predicted octanol–water partition coefficient (Wildman–Crippen LogP) is 7.80. The molecule has 188 valence electrons. The quantitative estimate of drug-likeness (QED) is 0.293. The fourth-order valence-corrected chi connectivity index (χ4v) is 5.79. The van der Waals surface area contributed by atoms with Crippen molar-refractivity contribution in [3.63, 3.8) is 0 Å². The third-order valence-corrected chi connectivity index (χ3v) is 8.14. The predicted molar refractivity (Wildman–Crippen MR) is 127 cm³/mol. The van der Waals surface area contributed by atoms with Crippen molar-refractivity contribution in [2.45, 2.75) is 75.9 Å². The first kappa shape index (κ1) is 24.5. The topological polar surface area (TPSA) is 21.8 Å². The largest absolute Gasteiger partial charge is 0.381 e. The molecule has 0 bridgehead atoms. The van der Waals surface area contributed by atoms with Crippen molar-refractivity contribution in [3.8, 4) is 0 Å². The van der Waals surface area contributed by atoms with Crippen LogP contribution in [0.1, 0.15) is 85.6 Å². The average Bonchev–Trinajstić information content (AvgIpc) is 3.72. The molecule has 35 heavy (non-hydrogen) atoms. The minimum atomic E-state index is -0.782. The smallest absolute Gasteiger partial charge is 0.166 e. The number of hydrogen-bond donors (Lipinski definition) is 0. The van der Waals surface area contributed by atoms with Gasteiger partial charge in [-0.1, -0.05) is 30.3 Å². The van der Waals surface area contributed by atoms with E-state index in [-0.39, 0.29) is 18.1 Å². The second-order valence-corrected chi connectivity index (χ2v) is 10.2. The van der Waals surface area contributed by atoms with Gasteiger partial charge in [0, 0.05) is 18.2 Å². The van der Waals surface area contributed by atoms with Crippen molar-refractivity contribution in [1.29, 1.82) is 0 Å². The molecule has 5 rings (SSSR count). The summed E-state index contributed by atoms with van der Waals surface area (Å²) in [5.74, 6) is -2.67. The minimum Gasteiger partial charge on any atom is -0.381 e. The van der Waals surface area contributed by atoms with Gasteiger partial charge >= 0.3 is 0 Å². The lowest BCUT2D eigenvalue weighted by atomic mass is 9.76. The molecule has 0 N–H and O–H groups in total. The summed E-state index contributed by atoms with van der Waals surface area (Å²) in [6, 6.07) is 6.78. The van der Waals surface area contributed by atoms with Gasteiger partial charge in [-0.25, -0.2) is 17.6 Å². The number of aryl methyl sites for hydroxylation is 1. The van der Waals surface area contributed by atoms with Gasteiger partial charge in [0.15, 0.2) is 23.3 Å². The Morgan fingerprint density at radius 3 is 2.23 bits per heavy atom. The van der Waals surface area contributed by atoms with Crippen LogP contribution in [-0.4, -0.2) is 19.8 Å². The zero-order chi connectivity index (χ0) is 24.5. The molecule has 2 aromatic carbocycles. The van der Waals surface area contributed by atoms with Crippen molar-refractivity contribution in [2.24, 2.45) is 5.92 Å². The number of methoxy groups -OCH3 is 1. The van der Waals surface area contributed by atoms with Crippen molar-refractivity contribution in [2.75, 3.05) is 13.7 Å². The summed E-state index contributed by atoms with van der Waals surface area (Å²) in [5.41, 5.74) is 2.36. The molecule has 0 aromatic heterocycles. The fraction of sp³-hybridized carbons (Fsp3) is 0.517.